The Morgan fingerprint density at radius 1 is 1.00 bits per heavy atom. The van der Waals surface area contributed by atoms with E-state index in [1.807, 2.05) is 36.4 Å². The van der Waals surface area contributed by atoms with E-state index >= 15 is 0 Å². The van der Waals surface area contributed by atoms with Gasteiger partial charge in [-0.05, 0) is 47.9 Å². The molecular formula is C30H34BrN3O3. The monoisotopic (exact) mass is 563 g/mol. The van der Waals surface area contributed by atoms with Crippen LogP contribution in [0, 0.1) is 0 Å². The molecule has 0 bridgehead atoms. The topological polar surface area (TPSA) is 84.7 Å². The van der Waals surface area contributed by atoms with Gasteiger partial charge in [0, 0.05) is 29.0 Å². The van der Waals surface area contributed by atoms with Crippen LogP contribution in [0.3, 0.4) is 0 Å². The van der Waals surface area contributed by atoms with Crippen LogP contribution in [-0.4, -0.2) is 25.0 Å². The molecule has 0 aliphatic carbocycles. The molecule has 3 aromatic rings. The Bertz CT molecular complexity index is 1250. The summed E-state index contributed by atoms with van der Waals surface area (Å²) in [6, 6.07) is 20.9. The molecule has 0 saturated carbocycles. The molecule has 0 radical (unpaired) electrons. The summed E-state index contributed by atoms with van der Waals surface area (Å²) in [6.07, 6.45) is 5.51. The zero-order chi connectivity index (χ0) is 26.2. The first-order valence-electron chi connectivity index (χ1n) is 12.9. The summed E-state index contributed by atoms with van der Waals surface area (Å²) >= 11 is 3.60. The summed E-state index contributed by atoms with van der Waals surface area (Å²) in [5, 5.41) is 3.08. The fourth-order valence-electron chi connectivity index (χ4n) is 4.86. The lowest BCUT2D eigenvalue weighted by atomic mass is 9.87. The summed E-state index contributed by atoms with van der Waals surface area (Å²) in [5.74, 6) is 0.0343. The van der Waals surface area contributed by atoms with Crippen molar-refractivity contribution in [2.24, 2.45) is 5.73 Å². The van der Waals surface area contributed by atoms with E-state index in [0.717, 1.165) is 46.2 Å². The van der Waals surface area contributed by atoms with Gasteiger partial charge in [0.15, 0.2) is 0 Å². The fourth-order valence-corrected chi connectivity index (χ4v) is 5.24. The maximum absolute atomic E-state index is 13.7. The quantitative estimate of drug-likeness (QED) is 0.267. The number of ether oxygens (including phenoxy) is 1. The number of hydrogen-bond acceptors (Lipinski definition) is 3. The van der Waals surface area contributed by atoms with Crippen LogP contribution in [0.15, 0.2) is 71.2 Å². The number of para-hydroxylation sites is 1. The van der Waals surface area contributed by atoms with Crippen molar-refractivity contribution in [3.63, 3.8) is 0 Å². The summed E-state index contributed by atoms with van der Waals surface area (Å²) in [6.45, 7) is 3.52. The first kappa shape index (κ1) is 26.7. The predicted molar refractivity (Wildman–Crippen MR) is 151 cm³/mol. The van der Waals surface area contributed by atoms with E-state index in [9.17, 15) is 9.59 Å². The van der Waals surface area contributed by atoms with Crippen molar-refractivity contribution in [2.45, 2.75) is 51.6 Å². The van der Waals surface area contributed by atoms with E-state index in [0.29, 0.717) is 30.9 Å². The number of amides is 3. The Morgan fingerprint density at radius 2 is 1.76 bits per heavy atom. The number of rotatable bonds is 10. The summed E-state index contributed by atoms with van der Waals surface area (Å²) in [7, 11) is 0. The molecule has 7 heteroatoms. The number of nitrogens with zero attached hydrogens (tertiary/aromatic N) is 1. The van der Waals surface area contributed by atoms with E-state index in [1.165, 1.54) is 12.8 Å². The lowest BCUT2D eigenvalue weighted by Crippen LogP contribution is -2.43. The number of carbonyl (C=O) groups excluding carboxylic acids is 2. The van der Waals surface area contributed by atoms with Crippen LogP contribution in [0.2, 0.25) is 0 Å². The van der Waals surface area contributed by atoms with Crippen LogP contribution in [0.4, 0.5) is 10.5 Å². The van der Waals surface area contributed by atoms with E-state index in [-0.39, 0.29) is 11.9 Å². The standard InChI is InChI=1S/C30H34BrN3O3/c1-2-3-4-5-10-17-33-30(36)34(27-14-9-8-13-24(27)29(32)35)19-26-23-12-7-6-11-21(23)20-37-28-16-15-22(31)18-25(26)28/h6-9,11-16,18,26H,2-5,10,17,19-20H2,1H3,(H2,32,35)(H,33,36). The van der Waals surface area contributed by atoms with Gasteiger partial charge in [0.05, 0.1) is 11.3 Å². The van der Waals surface area contributed by atoms with Gasteiger partial charge in [0.2, 0.25) is 0 Å². The Labute approximate surface area is 227 Å². The molecule has 1 aliphatic rings. The number of hydrogen-bond donors (Lipinski definition) is 2. The number of benzene rings is 3. The Balaban J connectivity index is 1.71. The smallest absolute Gasteiger partial charge is 0.321 e. The maximum Gasteiger partial charge on any atom is 0.321 e. The number of unbranched alkanes of at least 4 members (excludes halogenated alkanes) is 4. The van der Waals surface area contributed by atoms with Gasteiger partial charge in [0.25, 0.3) is 5.91 Å². The van der Waals surface area contributed by atoms with Crippen molar-refractivity contribution in [3.8, 4) is 5.75 Å². The number of nitrogens with one attached hydrogen (secondary N) is 1. The van der Waals surface area contributed by atoms with Crippen LogP contribution < -0.4 is 20.7 Å². The number of carbonyl (C=O) groups is 2. The van der Waals surface area contributed by atoms with Crippen molar-refractivity contribution in [1.29, 1.82) is 0 Å². The minimum absolute atomic E-state index is 0.178. The third-order valence-corrected chi connectivity index (χ3v) is 7.28. The predicted octanol–water partition coefficient (Wildman–Crippen LogP) is 6.76. The second kappa shape index (κ2) is 12.8. The Hall–Kier alpha value is -3.32. The van der Waals surface area contributed by atoms with Gasteiger partial charge in [-0.1, -0.05) is 84.9 Å². The number of urea groups is 1. The third-order valence-electron chi connectivity index (χ3n) is 6.79. The van der Waals surface area contributed by atoms with Gasteiger partial charge in [0.1, 0.15) is 12.4 Å². The normalized spacial score (nSPS) is 14.1. The van der Waals surface area contributed by atoms with E-state index in [2.05, 4.69) is 40.3 Å². The maximum atomic E-state index is 13.7. The van der Waals surface area contributed by atoms with Crippen LogP contribution in [0.5, 0.6) is 5.75 Å². The summed E-state index contributed by atoms with van der Waals surface area (Å²) in [5.41, 5.74) is 9.68. The molecule has 0 spiro atoms. The zero-order valence-electron chi connectivity index (χ0n) is 21.2. The fraction of sp³-hybridized carbons (Fsp3) is 0.333. The van der Waals surface area contributed by atoms with Crippen LogP contribution in [0.1, 0.15) is 72.0 Å². The average Bonchev–Trinajstić information content (AvgIpc) is 3.05. The minimum Gasteiger partial charge on any atom is -0.489 e. The molecule has 3 N–H and O–H groups in total. The van der Waals surface area contributed by atoms with Crippen LogP contribution in [-0.2, 0) is 6.61 Å². The second-order valence-corrected chi connectivity index (χ2v) is 10.3. The molecule has 4 rings (SSSR count). The average molecular weight is 565 g/mol. The number of anilines is 1. The number of halogens is 1. The highest BCUT2D eigenvalue weighted by Gasteiger charge is 2.30. The Morgan fingerprint density at radius 3 is 2.57 bits per heavy atom. The van der Waals surface area contributed by atoms with Crippen molar-refractivity contribution in [3.05, 3.63) is 93.5 Å². The van der Waals surface area contributed by atoms with Crippen molar-refractivity contribution >= 4 is 33.6 Å². The molecule has 1 unspecified atom stereocenters. The molecule has 3 aromatic carbocycles. The number of nitrogens with two attached hydrogens (primary N) is 1. The molecule has 37 heavy (non-hydrogen) atoms. The highest BCUT2D eigenvalue weighted by molar-refractivity contribution is 9.10. The van der Waals surface area contributed by atoms with Crippen molar-refractivity contribution in [1.82, 2.24) is 5.32 Å². The molecule has 0 fully saturated rings. The first-order valence-corrected chi connectivity index (χ1v) is 13.7. The lowest BCUT2D eigenvalue weighted by Gasteiger charge is -2.30. The van der Waals surface area contributed by atoms with E-state index in [1.54, 1.807) is 23.1 Å². The van der Waals surface area contributed by atoms with Gasteiger partial charge < -0.3 is 15.8 Å². The largest absolute Gasteiger partial charge is 0.489 e. The van der Waals surface area contributed by atoms with Crippen molar-refractivity contribution in [2.75, 3.05) is 18.0 Å². The number of primary amides is 1. The summed E-state index contributed by atoms with van der Waals surface area (Å²) < 4.78 is 7.10. The van der Waals surface area contributed by atoms with E-state index in [4.69, 9.17) is 10.5 Å². The highest BCUT2D eigenvalue weighted by Crippen LogP contribution is 2.40. The minimum atomic E-state index is -0.569. The molecule has 3 amide bonds. The first-order chi connectivity index (χ1) is 18.0. The second-order valence-electron chi connectivity index (χ2n) is 9.36. The lowest BCUT2D eigenvalue weighted by molar-refractivity contribution is 0.100. The Kier molecular flexibility index (Phi) is 9.23. The molecule has 0 saturated heterocycles. The van der Waals surface area contributed by atoms with Crippen molar-refractivity contribution < 1.29 is 14.3 Å². The molecule has 1 atom stereocenters. The molecule has 1 heterocycles. The van der Waals surface area contributed by atoms with Gasteiger partial charge >= 0.3 is 6.03 Å². The highest BCUT2D eigenvalue weighted by atomic mass is 79.9. The molecule has 1 aliphatic heterocycles. The molecule has 194 valence electrons. The SMILES string of the molecule is CCCCCCCNC(=O)N(CC1c2ccccc2COc2ccc(Br)cc21)c1ccccc1C(N)=O. The van der Waals surface area contributed by atoms with Crippen LogP contribution >= 0.6 is 15.9 Å². The molecule has 6 nitrogen and oxygen atoms in total. The number of fused-ring (bicyclic) bond motifs is 2. The van der Waals surface area contributed by atoms with Gasteiger partial charge in [-0.3, -0.25) is 9.69 Å². The molecule has 0 aromatic heterocycles. The van der Waals surface area contributed by atoms with E-state index < -0.39 is 5.91 Å². The van der Waals surface area contributed by atoms with Gasteiger partial charge in [-0.25, -0.2) is 4.79 Å². The molecular weight excluding hydrogens is 530 g/mol. The van der Waals surface area contributed by atoms with Gasteiger partial charge in [-0.15, -0.1) is 0 Å². The zero-order valence-corrected chi connectivity index (χ0v) is 22.8. The summed E-state index contributed by atoms with van der Waals surface area (Å²) in [4.78, 5) is 27.7. The van der Waals surface area contributed by atoms with Gasteiger partial charge in [-0.2, -0.15) is 0 Å². The van der Waals surface area contributed by atoms with Crippen LogP contribution in [0.25, 0.3) is 0 Å². The third kappa shape index (κ3) is 6.52.